The zero-order valence-electron chi connectivity index (χ0n) is 21.4. The molecule has 4 rings (SSSR count). The summed E-state index contributed by atoms with van der Waals surface area (Å²) in [7, 11) is 0. The zero-order chi connectivity index (χ0) is 25.5. The number of rotatable bonds is 6. The molecule has 5 heteroatoms. The van der Waals surface area contributed by atoms with Crippen LogP contribution in [-0.2, 0) is 29.2 Å². The lowest BCUT2D eigenvalue weighted by atomic mass is 9.83. The van der Waals surface area contributed by atoms with Gasteiger partial charge in [0.25, 0.3) is 0 Å². The summed E-state index contributed by atoms with van der Waals surface area (Å²) in [4.78, 5) is 15.0. The van der Waals surface area contributed by atoms with E-state index in [4.69, 9.17) is 16.3 Å². The Morgan fingerprint density at radius 1 is 0.971 bits per heavy atom. The van der Waals surface area contributed by atoms with Gasteiger partial charge < -0.3 is 9.84 Å². The van der Waals surface area contributed by atoms with Gasteiger partial charge in [0.2, 0.25) is 0 Å². The molecule has 0 aromatic heterocycles. The first kappa shape index (κ1) is 25.4. The largest absolute Gasteiger partial charge is 0.479 e. The number of nitrogens with zero attached hydrogens (tertiary/aromatic N) is 1. The minimum Gasteiger partial charge on any atom is -0.479 e. The molecule has 4 nitrogen and oxygen atoms in total. The molecule has 0 amide bonds. The highest BCUT2D eigenvalue weighted by molar-refractivity contribution is 6.30. The Morgan fingerprint density at radius 3 is 2.09 bits per heavy atom. The third-order valence-corrected chi connectivity index (χ3v) is 6.95. The van der Waals surface area contributed by atoms with E-state index in [1.807, 2.05) is 32.9 Å². The van der Waals surface area contributed by atoms with Gasteiger partial charge in [0.15, 0.2) is 6.10 Å². The third kappa shape index (κ3) is 5.45. The van der Waals surface area contributed by atoms with E-state index < -0.39 is 17.7 Å². The summed E-state index contributed by atoms with van der Waals surface area (Å²) >= 11 is 6.07. The summed E-state index contributed by atoms with van der Waals surface area (Å²) in [5.41, 5.74) is 9.18. The quantitative estimate of drug-likeness (QED) is 0.390. The van der Waals surface area contributed by atoms with Crippen LogP contribution >= 0.6 is 11.6 Å². The number of carboxylic acids is 1. The van der Waals surface area contributed by atoms with Gasteiger partial charge in [-0.2, -0.15) is 0 Å². The minimum absolute atomic E-state index is 0.604. The van der Waals surface area contributed by atoms with Crippen LogP contribution in [0.25, 0.3) is 11.1 Å². The second-order valence-electron chi connectivity index (χ2n) is 10.6. The van der Waals surface area contributed by atoms with Crippen LogP contribution in [0, 0.1) is 20.8 Å². The second kappa shape index (κ2) is 9.77. The lowest BCUT2D eigenvalue weighted by molar-refractivity contribution is -0.160. The van der Waals surface area contributed by atoms with Crippen molar-refractivity contribution in [1.29, 1.82) is 0 Å². The first-order valence-electron chi connectivity index (χ1n) is 12.0. The Bertz CT molecular complexity index is 1240. The standard InChI is InChI=1S/C30H34ClNO3/c1-18-7-11-22(12-8-18)26-19(2)24-16-32(15-21-9-13-23(31)14-10-21)17-25(24)20(3)27(26)28(29(33)34)35-30(4,5)6/h7-14,28H,15-17H2,1-6H3,(H,33,34). The average Bonchev–Trinajstić information content (AvgIpc) is 3.21. The fraction of sp³-hybridized carbons (Fsp3) is 0.367. The van der Waals surface area contributed by atoms with Crippen LogP contribution < -0.4 is 0 Å². The smallest absolute Gasteiger partial charge is 0.337 e. The van der Waals surface area contributed by atoms with Gasteiger partial charge >= 0.3 is 5.97 Å². The number of ether oxygens (including phenoxy) is 1. The van der Waals surface area contributed by atoms with Gasteiger partial charge in [-0.3, -0.25) is 4.90 Å². The Hall–Kier alpha value is -2.66. The number of aliphatic carboxylic acids is 1. The number of carbonyl (C=O) groups is 1. The highest BCUT2D eigenvalue weighted by atomic mass is 35.5. The van der Waals surface area contributed by atoms with Crippen molar-refractivity contribution in [3.63, 3.8) is 0 Å². The maximum Gasteiger partial charge on any atom is 0.337 e. The topological polar surface area (TPSA) is 49.8 Å². The highest BCUT2D eigenvalue weighted by Crippen LogP contribution is 2.43. The van der Waals surface area contributed by atoms with E-state index in [2.05, 4.69) is 62.1 Å². The van der Waals surface area contributed by atoms with Crippen molar-refractivity contribution in [2.45, 2.75) is 72.9 Å². The van der Waals surface area contributed by atoms with Crippen molar-refractivity contribution in [1.82, 2.24) is 4.90 Å². The molecule has 0 fully saturated rings. The van der Waals surface area contributed by atoms with E-state index >= 15 is 0 Å². The maximum absolute atomic E-state index is 12.6. The molecule has 3 aromatic rings. The monoisotopic (exact) mass is 491 g/mol. The van der Waals surface area contributed by atoms with Gasteiger partial charge in [-0.05, 0) is 92.6 Å². The Balaban J connectivity index is 1.85. The molecule has 1 aliphatic heterocycles. The fourth-order valence-electron chi connectivity index (χ4n) is 5.05. The van der Waals surface area contributed by atoms with Crippen molar-refractivity contribution >= 4 is 17.6 Å². The van der Waals surface area contributed by atoms with E-state index in [1.54, 1.807) is 0 Å². The van der Waals surface area contributed by atoms with Crippen molar-refractivity contribution in [3.05, 3.63) is 92.5 Å². The number of hydrogen-bond donors (Lipinski definition) is 1. The van der Waals surface area contributed by atoms with Gasteiger partial charge in [-0.15, -0.1) is 0 Å². The summed E-state index contributed by atoms with van der Waals surface area (Å²) in [5.74, 6) is -0.966. The SMILES string of the molecule is Cc1ccc(-c2c(C)c3c(c(C)c2C(OC(C)(C)C)C(=O)O)CN(Cc2ccc(Cl)cc2)C3)cc1. The van der Waals surface area contributed by atoms with E-state index in [0.29, 0.717) is 0 Å². The Labute approximate surface area is 213 Å². The molecule has 184 valence electrons. The van der Waals surface area contributed by atoms with E-state index in [-0.39, 0.29) is 0 Å². The van der Waals surface area contributed by atoms with Crippen molar-refractivity contribution in [2.75, 3.05) is 0 Å². The molecular formula is C30H34ClNO3. The normalized spacial score (nSPS) is 14.7. The van der Waals surface area contributed by atoms with Gasteiger partial charge in [0.1, 0.15) is 0 Å². The molecule has 1 heterocycles. The summed E-state index contributed by atoms with van der Waals surface area (Å²) in [6.45, 7) is 14.3. The number of hydrogen-bond acceptors (Lipinski definition) is 3. The van der Waals surface area contributed by atoms with Crippen LogP contribution in [0.4, 0.5) is 0 Å². The van der Waals surface area contributed by atoms with Crippen LogP contribution in [-0.4, -0.2) is 21.6 Å². The number of halogens is 1. The number of aryl methyl sites for hydroxylation is 1. The Morgan fingerprint density at radius 2 is 1.54 bits per heavy atom. The molecule has 0 radical (unpaired) electrons. The van der Waals surface area contributed by atoms with Crippen LogP contribution in [0.15, 0.2) is 48.5 Å². The Kier molecular flexibility index (Phi) is 7.10. The van der Waals surface area contributed by atoms with Gasteiger partial charge in [0, 0.05) is 30.2 Å². The first-order valence-corrected chi connectivity index (χ1v) is 12.4. The first-order chi connectivity index (χ1) is 16.4. The van der Waals surface area contributed by atoms with Gasteiger partial charge in [-0.1, -0.05) is 53.6 Å². The second-order valence-corrected chi connectivity index (χ2v) is 11.0. The number of carboxylic acid groups (broad SMARTS) is 1. The number of fused-ring (bicyclic) bond motifs is 1. The van der Waals surface area contributed by atoms with Crippen LogP contribution in [0.3, 0.4) is 0 Å². The summed E-state index contributed by atoms with van der Waals surface area (Å²) in [5, 5.41) is 11.0. The summed E-state index contributed by atoms with van der Waals surface area (Å²) < 4.78 is 6.17. The fourth-order valence-corrected chi connectivity index (χ4v) is 5.18. The van der Waals surface area contributed by atoms with Crippen LogP contribution in [0.1, 0.15) is 65.8 Å². The molecule has 1 unspecified atom stereocenters. The predicted octanol–water partition coefficient (Wildman–Crippen LogP) is 7.39. The molecule has 0 saturated carbocycles. The number of benzene rings is 3. The molecular weight excluding hydrogens is 458 g/mol. The molecule has 0 spiro atoms. The lowest BCUT2D eigenvalue weighted by Gasteiger charge is -2.30. The molecule has 0 saturated heterocycles. The minimum atomic E-state index is -1.05. The van der Waals surface area contributed by atoms with E-state index in [1.165, 1.54) is 22.3 Å². The van der Waals surface area contributed by atoms with Crippen LogP contribution in [0.2, 0.25) is 5.02 Å². The molecule has 1 aliphatic rings. The average molecular weight is 492 g/mol. The molecule has 0 bridgehead atoms. The molecule has 3 aromatic carbocycles. The van der Waals surface area contributed by atoms with Crippen LogP contribution in [0.5, 0.6) is 0 Å². The van der Waals surface area contributed by atoms with Gasteiger partial charge in [0.05, 0.1) is 5.60 Å². The zero-order valence-corrected chi connectivity index (χ0v) is 22.2. The van der Waals surface area contributed by atoms with Crippen molar-refractivity contribution < 1.29 is 14.6 Å². The van der Waals surface area contributed by atoms with Crippen molar-refractivity contribution in [2.24, 2.45) is 0 Å². The molecule has 1 N–H and O–H groups in total. The highest BCUT2D eigenvalue weighted by Gasteiger charge is 2.35. The third-order valence-electron chi connectivity index (χ3n) is 6.70. The van der Waals surface area contributed by atoms with E-state index in [0.717, 1.165) is 52.5 Å². The molecule has 0 aliphatic carbocycles. The lowest BCUT2D eigenvalue weighted by Crippen LogP contribution is -2.28. The van der Waals surface area contributed by atoms with Gasteiger partial charge in [-0.25, -0.2) is 4.79 Å². The molecule has 35 heavy (non-hydrogen) atoms. The summed E-state index contributed by atoms with van der Waals surface area (Å²) in [6, 6.07) is 16.3. The maximum atomic E-state index is 12.6. The summed E-state index contributed by atoms with van der Waals surface area (Å²) in [6.07, 6.45) is -1.05. The van der Waals surface area contributed by atoms with Crippen molar-refractivity contribution in [3.8, 4) is 11.1 Å². The molecule has 1 atom stereocenters. The predicted molar refractivity (Wildman–Crippen MR) is 142 cm³/mol. The van der Waals surface area contributed by atoms with E-state index in [9.17, 15) is 9.90 Å².